The number of quaternary nitrogens is 4. The zero-order valence-electron chi connectivity index (χ0n) is 24.3. The van der Waals surface area contributed by atoms with Crippen LogP contribution in [0.25, 0.3) is 0 Å². The maximum absolute atomic E-state index is 10.1. The van der Waals surface area contributed by atoms with Crippen molar-refractivity contribution in [3.05, 3.63) is 0 Å². The van der Waals surface area contributed by atoms with Gasteiger partial charge in [-0.1, -0.05) is 0 Å². The van der Waals surface area contributed by atoms with E-state index in [0.717, 1.165) is 0 Å². The van der Waals surface area contributed by atoms with Crippen molar-refractivity contribution in [3.63, 3.8) is 0 Å². The van der Waals surface area contributed by atoms with E-state index in [1.54, 1.807) is 0 Å². The van der Waals surface area contributed by atoms with Crippen molar-refractivity contribution < 1.29 is 188 Å². The first kappa shape index (κ1) is 68.6. The molecule has 0 amide bonds. The number of carbonyl (C=O) groups is 8. The molecule has 24 nitrogen and oxygen atoms in total. The molecule has 0 radical (unpaired) electrons. The van der Waals surface area contributed by atoms with Gasteiger partial charge in [0, 0.05) is 49.6 Å². The molecule has 0 aromatic heterocycles. The Kier molecular flexibility index (Phi) is 50.8. The molecular formula is C16H31N4Na3O20. The predicted molar refractivity (Wildman–Crippen MR) is 107 cm³/mol. The molecule has 0 heterocycles. The zero-order valence-corrected chi connectivity index (χ0v) is 30.3. The van der Waals surface area contributed by atoms with Gasteiger partial charge in [0.05, 0.1) is 17.9 Å². The average molecular weight is 668 g/mol. The number of hydrogen-bond donors (Lipinski definition) is 9. The Hall–Kier alpha value is -1.56. The third-order valence-corrected chi connectivity index (χ3v) is 3.30. The van der Waals surface area contributed by atoms with Gasteiger partial charge in [-0.05, 0) is 0 Å². The second-order valence-corrected chi connectivity index (χ2v) is 6.38. The first-order chi connectivity index (χ1) is 16.0. The Morgan fingerprint density at radius 2 is 0.674 bits per heavy atom. The van der Waals surface area contributed by atoms with Crippen LogP contribution in [0.4, 0.5) is 0 Å². The molecule has 43 heavy (non-hydrogen) atoms. The first-order valence-corrected chi connectivity index (χ1v) is 8.49. The molecule has 0 saturated heterocycles. The van der Waals surface area contributed by atoms with Crippen molar-refractivity contribution in [3.8, 4) is 0 Å². The molecule has 0 bridgehead atoms. The topological polar surface area (TPSA) is 545 Å². The van der Waals surface area contributed by atoms with Crippen LogP contribution < -0.4 is 149 Å². The number of aliphatic carboxylic acids is 8. The summed E-state index contributed by atoms with van der Waals surface area (Å²) in [4.78, 5) is 79.4. The van der Waals surface area contributed by atoms with Gasteiger partial charge in [0.2, 0.25) is 0 Å². The van der Waals surface area contributed by atoms with Crippen molar-refractivity contribution in [1.82, 2.24) is 24.6 Å². The molecule has 0 aliphatic rings. The van der Waals surface area contributed by atoms with Gasteiger partial charge in [-0.2, -0.15) is 0 Å². The average Bonchev–Trinajstić information content (AvgIpc) is 2.64. The van der Waals surface area contributed by atoms with E-state index in [1.807, 2.05) is 0 Å². The second kappa shape index (κ2) is 31.9. The fraction of sp³-hybridized carbons (Fsp3) is 0.500. The van der Waals surface area contributed by atoms with Crippen LogP contribution in [-0.4, -0.2) is 96.7 Å². The predicted octanol–water partition coefficient (Wildman–Crippen LogP) is -21.4. The summed E-state index contributed by atoms with van der Waals surface area (Å²) in [6.07, 6.45) is -10.1. The van der Waals surface area contributed by atoms with Crippen LogP contribution >= 0.6 is 0 Å². The number of aliphatic hydroxyl groups excluding tert-OH is 2. The number of rotatable bonds is 13. The maximum Gasteiger partial charge on any atom is 1.00 e. The number of hydrogen-bond acceptors (Lipinski definition) is 19. The standard InChI is InChI=1S/2C6H8O7.C4H6O6.4H3N.3Na/c2*7-3(8)1-6(13,5(11)12)2-4(9)10;5-1(3(7)8)2(6)4(9)10;;;;;;;/h2*13H,1-2H2,(H,7,8)(H,9,10)(H,11,12);1-2,5-6H,(H,7,8)(H,9,10);4*1H3;;;/q;;;;;;;3*+1/p-3. The van der Waals surface area contributed by atoms with Crippen molar-refractivity contribution in [1.29, 1.82) is 0 Å². The summed E-state index contributed by atoms with van der Waals surface area (Å²) in [5.74, 6) is -15.8. The van der Waals surface area contributed by atoms with E-state index < -0.39 is 96.8 Å². The summed E-state index contributed by atoms with van der Waals surface area (Å²) in [6, 6.07) is 0. The molecule has 27 heteroatoms. The van der Waals surface area contributed by atoms with Crippen LogP contribution in [-0.2, 0) is 38.4 Å². The minimum atomic E-state index is -2.97. The van der Waals surface area contributed by atoms with Gasteiger partial charge in [-0.25, -0.2) is 4.79 Å². The largest absolute Gasteiger partial charge is 1.00 e. The van der Waals surface area contributed by atoms with Crippen LogP contribution in [0.15, 0.2) is 0 Å². The fourth-order valence-corrected chi connectivity index (χ4v) is 1.63. The minimum Gasteiger partial charge on any atom is -0.550 e. The number of carbonyl (C=O) groups excluding carboxylic acids is 7. The Morgan fingerprint density at radius 1 is 0.488 bits per heavy atom. The fourth-order valence-electron chi connectivity index (χ4n) is 1.63. The quantitative estimate of drug-likeness (QED) is 0.0822. The molecule has 0 rings (SSSR count). The molecule has 0 fully saturated rings. The van der Waals surface area contributed by atoms with Gasteiger partial charge in [0.25, 0.3) is 0 Å². The van der Waals surface area contributed by atoms with Gasteiger partial charge in [0.1, 0.15) is 17.3 Å². The van der Waals surface area contributed by atoms with Crippen LogP contribution in [0.5, 0.6) is 0 Å². The number of carboxylic acids is 8. The molecule has 238 valence electrons. The molecule has 0 aliphatic carbocycles. The van der Waals surface area contributed by atoms with Crippen LogP contribution in [0.1, 0.15) is 25.7 Å². The molecule has 0 aromatic rings. The van der Waals surface area contributed by atoms with E-state index in [-0.39, 0.29) is 113 Å². The van der Waals surface area contributed by atoms with Crippen molar-refractivity contribution >= 4 is 47.8 Å². The monoisotopic (exact) mass is 668 g/mol. The summed E-state index contributed by atoms with van der Waals surface area (Å²) < 4.78 is 0. The van der Waals surface area contributed by atoms with Gasteiger partial charge in [-0.15, -0.1) is 0 Å². The normalized spacial score (nSPS) is 10.2. The molecule has 0 saturated carbocycles. The van der Waals surface area contributed by atoms with E-state index in [1.165, 1.54) is 0 Å². The summed E-state index contributed by atoms with van der Waals surface area (Å²) in [5.41, 5.74) is -5.95. The Bertz CT molecular complexity index is 790. The maximum atomic E-state index is 10.1. The molecule has 21 N–H and O–H groups in total. The summed E-state index contributed by atoms with van der Waals surface area (Å²) in [5, 5.41) is 112. The molecular weight excluding hydrogens is 637 g/mol. The van der Waals surface area contributed by atoms with Crippen molar-refractivity contribution in [2.24, 2.45) is 0 Å². The van der Waals surface area contributed by atoms with E-state index >= 15 is 0 Å². The second-order valence-electron chi connectivity index (χ2n) is 6.38. The smallest absolute Gasteiger partial charge is 0.550 e. The zero-order chi connectivity index (χ0) is 29.6. The van der Waals surface area contributed by atoms with Crippen molar-refractivity contribution in [2.75, 3.05) is 0 Å². The van der Waals surface area contributed by atoms with Crippen molar-refractivity contribution in [2.45, 2.75) is 49.1 Å². The first-order valence-electron chi connectivity index (χ1n) is 8.49. The molecule has 0 spiro atoms. The van der Waals surface area contributed by atoms with Gasteiger partial charge in [-0.3, -0.25) is 0 Å². The Morgan fingerprint density at radius 3 is 0.744 bits per heavy atom. The summed E-state index contributed by atoms with van der Waals surface area (Å²) in [6.45, 7) is 0. The summed E-state index contributed by atoms with van der Waals surface area (Å²) >= 11 is 0. The Balaban J connectivity index is -0.0000000442. The van der Waals surface area contributed by atoms with Crippen LogP contribution in [0.2, 0.25) is 0 Å². The van der Waals surface area contributed by atoms with Crippen LogP contribution in [0, 0.1) is 0 Å². The van der Waals surface area contributed by atoms with E-state index in [4.69, 9.17) is 25.5 Å². The summed E-state index contributed by atoms with van der Waals surface area (Å²) in [7, 11) is 0. The van der Waals surface area contributed by atoms with Crippen LogP contribution in [0.3, 0.4) is 0 Å². The van der Waals surface area contributed by atoms with Gasteiger partial charge < -0.3 is 119 Å². The van der Waals surface area contributed by atoms with E-state index in [2.05, 4.69) is 0 Å². The van der Waals surface area contributed by atoms with E-state index in [9.17, 15) is 74.1 Å². The molecule has 0 aliphatic heterocycles. The third kappa shape index (κ3) is 33.2. The Labute approximate surface area is 307 Å². The SMILES string of the molecule is O=C([O-])C(O)C(O)C(=O)O.O=C([O-])CC(O)(CC(=O)[O-])C(=O)[O-].O=C([O-])CC(O)(CC(=O)[O-])C(=O)[O-].[NH4+].[NH4+].[NH4+].[NH4+].[Na+].[Na+].[Na+]. The third-order valence-electron chi connectivity index (χ3n) is 3.30. The van der Waals surface area contributed by atoms with E-state index in [0.29, 0.717) is 0 Å². The van der Waals surface area contributed by atoms with Gasteiger partial charge >= 0.3 is 94.6 Å². The number of aliphatic hydroxyl groups is 4. The molecule has 2 unspecified atom stereocenters. The molecule has 2 atom stereocenters. The number of carboxylic acid groups (broad SMARTS) is 8. The minimum absolute atomic E-state index is 0. The molecule has 0 aromatic carbocycles. The van der Waals surface area contributed by atoms with Gasteiger partial charge in [0.15, 0.2) is 6.10 Å².